The van der Waals surface area contributed by atoms with E-state index in [-0.39, 0.29) is 12.3 Å². The average molecular weight is 445 g/mol. The molecule has 0 aromatic heterocycles. The van der Waals surface area contributed by atoms with Crippen LogP contribution in [0.25, 0.3) is 0 Å². The molecule has 0 saturated carbocycles. The first-order valence-corrected chi connectivity index (χ1v) is 10.8. The van der Waals surface area contributed by atoms with E-state index in [2.05, 4.69) is 10.3 Å². The third-order valence-electron chi connectivity index (χ3n) is 5.06. The van der Waals surface area contributed by atoms with Crippen molar-refractivity contribution in [1.82, 2.24) is 15.1 Å². The normalized spacial score (nSPS) is 17.9. The van der Waals surface area contributed by atoms with E-state index < -0.39 is 12.0 Å². The summed E-state index contributed by atoms with van der Waals surface area (Å²) in [5, 5.41) is 5.61. The number of nitrogens with zero attached hydrogens (tertiary/aromatic N) is 3. The summed E-state index contributed by atoms with van der Waals surface area (Å²) >= 11 is 1.45. The number of amides is 1. The number of allylic oxidation sites excluding steroid dienone is 1. The van der Waals surface area contributed by atoms with Crippen LogP contribution in [0.4, 0.5) is 0 Å². The fraction of sp³-hybridized carbons (Fsp3) is 0.409. The summed E-state index contributed by atoms with van der Waals surface area (Å²) < 4.78 is 10.3. The van der Waals surface area contributed by atoms with Crippen molar-refractivity contribution in [3.05, 3.63) is 52.2 Å². The van der Waals surface area contributed by atoms with Gasteiger partial charge in [0, 0.05) is 18.8 Å². The maximum atomic E-state index is 12.7. The summed E-state index contributed by atoms with van der Waals surface area (Å²) in [6.07, 6.45) is 0.194. The quantitative estimate of drug-likeness (QED) is 0.617. The van der Waals surface area contributed by atoms with Crippen molar-refractivity contribution < 1.29 is 19.1 Å². The monoisotopic (exact) mass is 444 g/mol. The van der Waals surface area contributed by atoms with Gasteiger partial charge in [-0.2, -0.15) is 0 Å². The molecule has 0 bridgehead atoms. The van der Waals surface area contributed by atoms with Gasteiger partial charge < -0.3 is 24.6 Å². The van der Waals surface area contributed by atoms with Gasteiger partial charge in [-0.3, -0.25) is 4.79 Å². The number of ether oxygens (including phenoxy) is 2. The molecule has 0 saturated heterocycles. The van der Waals surface area contributed by atoms with E-state index in [0.717, 1.165) is 28.7 Å². The summed E-state index contributed by atoms with van der Waals surface area (Å²) in [6.45, 7) is 3.14. The van der Waals surface area contributed by atoms with Gasteiger partial charge in [0.2, 0.25) is 5.91 Å². The number of methoxy groups -OCH3 is 2. The summed E-state index contributed by atoms with van der Waals surface area (Å²) in [7, 11) is 6.89. The molecular formula is C22H28N4O4S. The third kappa shape index (κ3) is 5.11. The molecule has 0 spiro atoms. The fourth-order valence-corrected chi connectivity index (χ4v) is 4.45. The van der Waals surface area contributed by atoms with Crippen molar-refractivity contribution in [3.8, 4) is 5.75 Å². The van der Waals surface area contributed by atoms with E-state index >= 15 is 0 Å². The molecule has 1 N–H and O–H groups in total. The highest BCUT2D eigenvalue weighted by Gasteiger charge is 2.40. The molecule has 1 unspecified atom stereocenters. The molecule has 0 fully saturated rings. The van der Waals surface area contributed by atoms with Crippen LogP contribution < -0.4 is 10.1 Å². The predicted molar refractivity (Wildman–Crippen MR) is 122 cm³/mol. The molecule has 9 heteroatoms. The second-order valence-corrected chi connectivity index (χ2v) is 8.32. The smallest absolute Gasteiger partial charge is 0.338 e. The average Bonchev–Trinajstić information content (AvgIpc) is 3.13. The number of carbonyl (C=O) groups excluding carboxylic acids is 2. The zero-order valence-corrected chi connectivity index (χ0v) is 19.3. The number of carbonyl (C=O) groups is 2. The highest BCUT2D eigenvalue weighted by atomic mass is 32.2. The van der Waals surface area contributed by atoms with Gasteiger partial charge in [-0.1, -0.05) is 23.9 Å². The van der Waals surface area contributed by atoms with Gasteiger partial charge in [0.1, 0.15) is 5.75 Å². The van der Waals surface area contributed by atoms with E-state index in [1.165, 1.54) is 18.9 Å². The zero-order valence-electron chi connectivity index (χ0n) is 18.5. The topological polar surface area (TPSA) is 83.5 Å². The number of hydrogen-bond donors (Lipinski definition) is 1. The van der Waals surface area contributed by atoms with Gasteiger partial charge >= 0.3 is 5.97 Å². The molecule has 2 aliphatic heterocycles. The van der Waals surface area contributed by atoms with Crippen LogP contribution in [-0.4, -0.2) is 68.2 Å². The van der Waals surface area contributed by atoms with E-state index in [1.54, 1.807) is 14.0 Å². The number of hydrogen-bond acceptors (Lipinski definition) is 8. The Balaban J connectivity index is 1.91. The number of thioether (sulfide) groups is 1. The van der Waals surface area contributed by atoms with Crippen LogP contribution in [0.1, 0.15) is 24.9 Å². The number of likely N-dealkylation sites (N-methyl/N-ethyl adjacent to an activating group) is 1. The molecule has 1 atom stereocenters. The Labute approximate surface area is 187 Å². The summed E-state index contributed by atoms with van der Waals surface area (Å²) in [6, 6.07) is 7.10. The lowest BCUT2D eigenvalue weighted by Gasteiger charge is -2.36. The maximum Gasteiger partial charge on any atom is 0.338 e. The molecule has 31 heavy (non-hydrogen) atoms. The Bertz CT molecular complexity index is 937. The lowest BCUT2D eigenvalue weighted by Crippen LogP contribution is -2.38. The zero-order chi connectivity index (χ0) is 22.5. The second-order valence-electron chi connectivity index (χ2n) is 7.49. The first-order valence-electron chi connectivity index (χ1n) is 9.93. The minimum atomic E-state index is -0.443. The van der Waals surface area contributed by atoms with E-state index in [1.807, 2.05) is 53.6 Å². The molecule has 3 rings (SSSR count). The Kier molecular flexibility index (Phi) is 7.40. The van der Waals surface area contributed by atoms with Crippen LogP contribution in [0.3, 0.4) is 0 Å². The summed E-state index contributed by atoms with van der Waals surface area (Å²) in [5.41, 5.74) is 2.74. The molecule has 1 aromatic rings. The molecule has 0 radical (unpaired) electrons. The first kappa shape index (κ1) is 22.9. The molecule has 1 aromatic carbocycles. The van der Waals surface area contributed by atoms with Crippen molar-refractivity contribution >= 4 is 28.8 Å². The maximum absolute atomic E-state index is 12.7. The highest BCUT2D eigenvalue weighted by Crippen LogP contribution is 2.44. The Hall–Kier alpha value is -2.78. The van der Waals surface area contributed by atoms with Crippen molar-refractivity contribution in [2.24, 2.45) is 4.99 Å². The van der Waals surface area contributed by atoms with E-state index in [9.17, 15) is 9.59 Å². The Morgan fingerprint density at radius 2 is 1.94 bits per heavy atom. The van der Waals surface area contributed by atoms with Gasteiger partial charge in [0.05, 0.1) is 38.0 Å². The number of fused-ring (bicyclic) bond motifs is 1. The molecule has 1 amide bonds. The van der Waals surface area contributed by atoms with Crippen LogP contribution in [0.2, 0.25) is 0 Å². The Morgan fingerprint density at radius 3 is 2.55 bits per heavy atom. The van der Waals surface area contributed by atoms with Crippen LogP contribution in [0.5, 0.6) is 5.75 Å². The number of nitrogens with one attached hydrogen (secondary N) is 1. The van der Waals surface area contributed by atoms with Gasteiger partial charge in [0.15, 0.2) is 5.17 Å². The van der Waals surface area contributed by atoms with Crippen molar-refractivity contribution in [2.45, 2.75) is 19.4 Å². The third-order valence-corrected chi connectivity index (χ3v) is 5.95. The minimum Gasteiger partial charge on any atom is -0.497 e. The van der Waals surface area contributed by atoms with Gasteiger partial charge in [-0.25, -0.2) is 9.79 Å². The van der Waals surface area contributed by atoms with Gasteiger partial charge in [-0.05, 0) is 44.1 Å². The van der Waals surface area contributed by atoms with Crippen molar-refractivity contribution in [2.75, 3.05) is 41.4 Å². The van der Waals surface area contributed by atoms with Crippen LogP contribution in [0.15, 0.2) is 51.6 Å². The summed E-state index contributed by atoms with van der Waals surface area (Å²) in [5.74, 6) is 0.211. The van der Waals surface area contributed by atoms with Gasteiger partial charge in [0.25, 0.3) is 0 Å². The van der Waals surface area contributed by atoms with Crippen LogP contribution in [-0.2, 0) is 14.3 Å². The largest absolute Gasteiger partial charge is 0.497 e. The second kappa shape index (κ2) is 10.0. The standard InChI is InChI=1S/C22H28N4O4S/c1-14-19(21(28)30-5)20(15-6-8-17(29-4)9-7-15)26-16(13-31-22(26)24-14)12-18(27)23-10-11-25(2)3/h6-9,13,20H,10-12H2,1-5H3,(H,23,27). The van der Waals surface area contributed by atoms with E-state index in [0.29, 0.717) is 17.8 Å². The molecule has 2 heterocycles. The lowest BCUT2D eigenvalue weighted by atomic mass is 9.94. The van der Waals surface area contributed by atoms with Gasteiger partial charge in [-0.15, -0.1) is 0 Å². The number of esters is 1. The number of rotatable bonds is 8. The number of benzene rings is 1. The van der Waals surface area contributed by atoms with Crippen molar-refractivity contribution in [1.29, 1.82) is 0 Å². The van der Waals surface area contributed by atoms with Crippen LogP contribution in [0, 0.1) is 0 Å². The Morgan fingerprint density at radius 1 is 1.23 bits per heavy atom. The first-order chi connectivity index (χ1) is 14.8. The highest BCUT2D eigenvalue weighted by molar-refractivity contribution is 8.16. The van der Waals surface area contributed by atoms with Crippen LogP contribution >= 0.6 is 11.8 Å². The molecular weight excluding hydrogens is 416 g/mol. The number of amidine groups is 1. The molecule has 2 aliphatic rings. The lowest BCUT2D eigenvalue weighted by molar-refractivity contribution is -0.136. The summed E-state index contributed by atoms with van der Waals surface area (Å²) in [4.78, 5) is 33.8. The predicted octanol–water partition coefficient (Wildman–Crippen LogP) is 2.51. The number of aliphatic imine (C=N–C) groups is 1. The minimum absolute atomic E-state index is 0.0747. The van der Waals surface area contributed by atoms with E-state index in [4.69, 9.17) is 9.47 Å². The van der Waals surface area contributed by atoms with Crippen molar-refractivity contribution in [3.63, 3.8) is 0 Å². The molecule has 0 aliphatic carbocycles. The molecule has 8 nitrogen and oxygen atoms in total. The SMILES string of the molecule is COC(=O)C1=C(C)N=C2SC=C(CC(=O)NCCN(C)C)N2C1c1ccc(OC)cc1. The molecule has 166 valence electrons. The fourth-order valence-electron chi connectivity index (χ4n) is 3.49.